The van der Waals surface area contributed by atoms with E-state index in [1.807, 2.05) is 24.3 Å². The maximum absolute atomic E-state index is 10.3. The van der Waals surface area contributed by atoms with Gasteiger partial charge in [0.25, 0.3) is 0 Å². The third-order valence-electron chi connectivity index (χ3n) is 4.28. The molecule has 0 amide bonds. The monoisotopic (exact) mass is 314 g/mol. The third-order valence-corrected chi connectivity index (χ3v) is 4.28. The van der Waals surface area contributed by atoms with Gasteiger partial charge in [-0.15, -0.1) is 0 Å². The second kappa shape index (κ2) is 6.36. The van der Waals surface area contributed by atoms with Gasteiger partial charge in [0, 0.05) is 0 Å². The second-order valence-corrected chi connectivity index (χ2v) is 6.71. The lowest BCUT2D eigenvalue weighted by Crippen LogP contribution is -2.53. The zero-order chi connectivity index (χ0) is 17.3. The quantitative estimate of drug-likeness (QED) is 0.741. The van der Waals surface area contributed by atoms with Crippen molar-refractivity contribution in [3.63, 3.8) is 0 Å². The lowest BCUT2D eigenvalue weighted by molar-refractivity contribution is -0.0982. The molecule has 0 aliphatic heterocycles. The summed E-state index contributed by atoms with van der Waals surface area (Å²) in [5, 5.41) is 29.7. The van der Waals surface area contributed by atoms with Crippen molar-refractivity contribution in [1.82, 2.24) is 0 Å². The molecule has 3 N–H and O–H groups in total. The Bertz CT molecular complexity index is 642. The zero-order valence-corrected chi connectivity index (χ0v) is 13.9. The summed E-state index contributed by atoms with van der Waals surface area (Å²) >= 11 is 0. The smallest absolute Gasteiger partial charge is 0.491 e. The summed E-state index contributed by atoms with van der Waals surface area (Å²) in [5.74, 6) is 0.225. The fourth-order valence-corrected chi connectivity index (χ4v) is 1.99. The van der Waals surface area contributed by atoms with E-state index in [1.54, 1.807) is 52.0 Å². The van der Waals surface area contributed by atoms with Gasteiger partial charge in [-0.1, -0.05) is 36.4 Å². The highest BCUT2D eigenvalue weighted by atomic mass is 16.5. The molecule has 23 heavy (non-hydrogen) atoms. The van der Waals surface area contributed by atoms with E-state index >= 15 is 0 Å². The van der Waals surface area contributed by atoms with Crippen molar-refractivity contribution in [2.45, 2.75) is 38.9 Å². The second-order valence-electron chi connectivity index (χ2n) is 6.71. The molecule has 122 valence electrons. The maximum atomic E-state index is 10.3. The van der Waals surface area contributed by atoms with Gasteiger partial charge in [0.05, 0.1) is 11.2 Å². The number of hydrogen-bond donors (Lipinski definition) is 3. The van der Waals surface area contributed by atoms with Crippen LogP contribution in [0.3, 0.4) is 0 Å². The average Bonchev–Trinajstić information content (AvgIpc) is 2.46. The summed E-state index contributed by atoms with van der Waals surface area (Å²) < 4.78 is 5.62. The van der Waals surface area contributed by atoms with Gasteiger partial charge in [0.2, 0.25) is 0 Å². The molecule has 4 nitrogen and oxygen atoms in total. The molecule has 0 fully saturated rings. The first-order valence-corrected chi connectivity index (χ1v) is 7.58. The van der Waals surface area contributed by atoms with Gasteiger partial charge in [-0.25, -0.2) is 0 Å². The molecule has 0 saturated carbocycles. The Hall–Kier alpha value is -1.82. The van der Waals surface area contributed by atoms with Crippen LogP contribution in [0, 0.1) is 0 Å². The Labute approximate surface area is 137 Å². The minimum atomic E-state index is -1.12. The number of rotatable bonds is 5. The van der Waals surface area contributed by atoms with Gasteiger partial charge < -0.3 is 19.9 Å². The van der Waals surface area contributed by atoms with Gasteiger partial charge in [-0.05, 0) is 56.4 Å². The van der Waals surface area contributed by atoms with Crippen LogP contribution in [-0.4, -0.2) is 33.6 Å². The van der Waals surface area contributed by atoms with E-state index in [2.05, 4.69) is 0 Å². The van der Waals surface area contributed by atoms with E-state index in [9.17, 15) is 15.2 Å². The van der Waals surface area contributed by atoms with Crippen molar-refractivity contribution in [2.75, 3.05) is 0 Å². The molecule has 0 aliphatic rings. The van der Waals surface area contributed by atoms with Crippen LogP contribution in [0.5, 0.6) is 5.75 Å². The van der Waals surface area contributed by atoms with Crippen LogP contribution in [-0.2, 0) is 4.65 Å². The summed E-state index contributed by atoms with van der Waals surface area (Å²) in [7, 11) is -1.12. The Morgan fingerprint density at radius 1 is 0.826 bits per heavy atom. The normalized spacial score (nSPS) is 12.3. The SMILES string of the molecule is CC(C)(O)C(C)(C)OB(O)c1ccc(-c2ccc(O)cc2)cc1. The number of phenolic OH excluding ortho intramolecular Hbond substituents is 1. The highest BCUT2D eigenvalue weighted by Gasteiger charge is 2.39. The van der Waals surface area contributed by atoms with E-state index < -0.39 is 18.3 Å². The molecule has 2 aromatic rings. The van der Waals surface area contributed by atoms with E-state index in [0.29, 0.717) is 5.46 Å². The Kier molecular flexibility index (Phi) is 4.85. The first-order chi connectivity index (χ1) is 10.6. The van der Waals surface area contributed by atoms with Crippen LogP contribution in [0.1, 0.15) is 27.7 Å². The number of aromatic hydroxyl groups is 1. The fourth-order valence-electron chi connectivity index (χ4n) is 1.99. The lowest BCUT2D eigenvalue weighted by Gasteiger charge is -2.38. The number of phenols is 1. The third kappa shape index (κ3) is 4.13. The van der Waals surface area contributed by atoms with Gasteiger partial charge in [0.1, 0.15) is 5.75 Å². The highest BCUT2D eigenvalue weighted by molar-refractivity contribution is 6.60. The van der Waals surface area contributed by atoms with Gasteiger partial charge >= 0.3 is 7.12 Å². The Balaban J connectivity index is 2.14. The Morgan fingerprint density at radius 2 is 1.26 bits per heavy atom. The zero-order valence-electron chi connectivity index (χ0n) is 13.9. The van der Waals surface area contributed by atoms with Crippen LogP contribution in [0.2, 0.25) is 0 Å². The maximum Gasteiger partial charge on any atom is 0.491 e. The first kappa shape index (κ1) is 17.5. The molecule has 0 spiro atoms. The number of aliphatic hydroxyl groups is 1. The molecule has 0 atom stereocenters. The Morgan fingerprint density at radius 3 is 1.70 bits per heavy atom. The van der Waals surface area contributed by atoms with Crippen molar-refractivity contribution in [1.29, 1.82) is 0 Å². The molecule has 0 heterocycles. The molecule has 0 saturated heterocycles. The van der Waals surface area contributed by atoms with Crippen LogP contribution in [0.15, 0.2) is 48.5 Å². The fraction of sp³-hybridized carbons (Fsp3) is 0.333. The van der Waals surface area contributed by atoms with Crippen LogP contribution in [0.4, 0.5) is 0 Å². The van der Waals surface area contributed by atoms with Gasteiger partial charge in [0.15, 0.2) is 0 Å². The van der Waals surface area contributed by atoms with Crippen molar-refractivity contribution < 1.29 is 19.9 Å². The predicted octanol–water partition coefficient (Wildman–Crippen LogP) is 2.31. The molecule has 0 unspecified atom stereocenters. The molecule has 0 radical (unpaired) electrons. The molecule has 0 aliphatic carbocycles. The van der Waals surface area contributed by atoms with Crippen LogP contribution < -0.4 is 5.46 Å². The molecule has 5 heteroatoms. The summed E-state index contributed by atoms with van der Waals surface area (Å²) in [5.41, 5.74) is 0.580. The minimum absolute atomic E-state index is 0.225. The average molecular weight is 314 g/mol. The topological polar surface area (TPSA) is 69.9 Å². The molecular formula is C18H23BO4. The predicted molar refractivity (Wildman–Crippen MR) is 92.6 cm³/mol. The molecule has 2 aromatic carbocycles. The van der Waals surface area contributed by atoms with Crippen LogP contribution >= 0.6 is 0 Å². The molecule has 2 rings (SSSR count). The van der Waals surface area contributed by atoms with E-state index in [0.717, 1.165) is 11.1 Å². The molecule has 0 aromatic heterocycles. The lowest BCUT2D eigenvalue weighted by atomic mass is 9.76. The van der Waals surface area contributed by atoms with Crippen molar-refractivity contribution in [2.24, 2.45) is 0 Å². The molecule has 0 bridgehead atoms. The number of hydrogen-bond acceptors (Lipinski definition) is 4. The minimum Gasteiger partial charge on any atom is -0.508 e. The summed E-state index contributed by atoms with van der Waals surface area (Å²) in [6.07, 6.45) is 0. The van der Waals surface area contributed by atoms with Crippen molar-refractivity contribution in [3.05, 3.63) is 48.5 Å². The van der Waals surface area contributed by atoms with Crippen molar-refractivity contribution in [3.8, 4) is 16.9 Å². The summed E-state index contributed by atoms with van der Waals surface area (Å²) in [6, 6.07) is 14.3. The van der Waals surface area contributed by atoms with Crippen molar-refractivity contribution >= 4 is 12.6 Å². The van der Waals surface area contributed by atoms with Gasteiger partial charge in [-0.2, -0.15) is 0 Å². The van der Waals surface area contributed by atoms with Gasteiger partial charge in [-0.3, -0.25) is 0 Å². The molecular weight excluding hydrogens is 291 g/mol. The number of benzene rings is 2. The van der Waals surface area contributed by atoms with Crippen LogP contribution in [0.25, 0.3) is 11.1 Å². The summed E-state index contributed by atoms with van der Waals surface area (Å²) in [6.45, 7) is 6.77. The standard InChI is InChI=1S/C18H23BO4/c1-17(2,21)18(3,4)23-19(22)15-9-5-13(6-10-15)14-7-11-16(20)12-8-14/h5-12,20-22H,1-4H3. The van der Waals surface area contributed by atoms with E-state index in [-0.39, 0.29) is 5.75 Å². The first-order valence-electron chi connectivity index (χ1n) is 7.58. The largest absolute Gasteiger partial charge is 0.508 e. The summed E-state index contributed by atoms with van der Waals surface area (Å²) in [4.78, 5) is 0. The van der Waals surface area contributed by atoms with E-state index in [4.69, 9.17) is 4.65 Å². The highest BCUT2D eigenvalue weighted by Crippen LogP contribution is 2.25. The van der Waals surface area contributed by atoms with E-state index in [1.165, 1.54) is 0 Å².